The minimum atomic E-state index is 0.0304. The molecule has 1 N–H and O–H groups in total. The summed E-state index contributed by atoms with van der Waals surface area (Å²) in [6, 6.07) is 0.384. The second-order valence-electron chi connectivity index (χ2n) is 5.34. The Morgan fingerprint density at radius 2 is 1.89 bits per heavy atom. The van der Waals surface area contributed by atoms with E-state index >= 15 is 0 Å². The number of nitrogens with one attached hydrogen (secondary N) is 1. The molecule has 0 aromatic carbocycles. The Balaban J connectivity index is 2.50. The lowest BCUT2D eigenvalue weighted by atomic mass is 9.92. The van der Waals surface area contributed by atoms with Gasteiger partial charge in [-0.25, -0.2) is 0 Å². The van der Waals surface area contributed by atoms with E-state index in [-0.39, 0.29) is 24.3 Å². The highest BCUT2D eigenvalue weighted by molar-refractivity contribution is 5.85. The first-order valence-corrected chi connectivity index (χ1v) is 7.25. The molecule has 19 heavy (non-hydrogen) atoms. The van der Waals surface area contributed by atoms with Crippen LogP contribution < -0.4 is 5.32 Å². The lowest BCUT2D eigenvalue weighted by Gasteiger charge is -2.31. The smallest absolute Gasteiger partial charge is 0.242 e. The van der Waals surface area contributed by atoms with Crippen LogP contribution in [0.25, 0.3) is 0 Å². The SMILES string of the molecule is CCN(CC)C(=O)CN(C)C(=O)C1CCNC(C)C1. The van der Waals surface area contributed by atoms with Gasteiger partial charge in [-0.1, -0.05) is 0 Å². The van der Waals surface area contributed by atoms with Crippen LogP contribution in [0.3, 0.4) is 0 Å². The lowest BCUT2D eigenvalue weighted by Crippen LogP contribution is -2.46. The highest BCUT2D eigenvalue weighted by Gasteiger charge is 2.28. The predicted molar refractivity (Wildman–Crippen MR) is 75.8 cm³/mol. The van der Waals surface area contributed by atoms with Crippen LogP contribution in [-0.2, 0) is 9.59 Å². The molecule has 1 fully saturated rings. The van der Waals surface area contributed by atoms with Crippen molar-refractivity contribution in [2.24, 2.45) is 5.92 Å². The van der Waals surface area contributed by atoms with Crippen molar-refractivity contribution in [1.82, 2.24) is 15.1 Å². The van der Waals surface area contributed by atoms with Crippen molar-refractivity contribution in [3.8, 4) is 0 Å². The molecule has 1 heterocycles. The molecule has 5 nitrogen and oxygen atoms in total. The Hall–Kier alpha value is -1.10. The molecule has 5 heteroatoms. The summed E-state index contributed by atoms with van der Waals surface area (Å²) in [5.41, 5.74) is 0. The Morgan fingerprint density at radius 1 is 1.26 bits per heavy atom. The first kappa shape index (κ1) is 16.0. The van der Waals surface area contributed by atoms with Crippen molar-refractivity contribution in [3.05, 3.63) is 0 Å². The molecular formula is C14H27N3O2. The number of carbonyl (C=O) groups excluding carboxylic acids is 2. The number of hydrogen-bond acceptors (Lipinski definition) is 3. The average molecular weight is 269 g/mol. The molecule has 0 aromatic heterocycles. The molecule has 0 aromatic rings. The summed E-state index contributed by atoms with van der Waals surface area (Å²) in [5.74, 6) is 0.197. The van der Waals surface area contributed by atoms with Gasteiger partial charge in [0, 0.05) is 32.1 Å². The zero-order valence-corrected chi connectivity index (χ0v) is 12.6. The maximum absolute atomic E-state index is 12.3. The van der Waals surface area contributed by atoms with E-state index in [1.54, 1.807) is 16.8 Å². The van der Waals surface area contributed by atoms with E-state index in [2.05, 4.69) is 12.2 Å². The standard InChI is InChI=1S/C14H27N3O2/c1-5-17(6-2)13(18)10-16(4)14(19)12-7-8-15-11(3)9-12/h11-12,15H,5-10H2,1-4H3. The van der Waals surface area contributed by atoms with Crippen LogP contribution in [0.2, 0.25) is 0 Å². The van der Waals surface area contributed by atoms with Gasteiger partial charge < -0.3 is 15.1 Å². The van der Waals surface area contributed by atoms with Crippen LogP contribution >= 0.6 is 0 Å². The van der Waals surface area contributed by atoms with Crippen molar-refractivity contribution in [2.75, 3.05) is 33.2 Å². The summed E-state index contributed by atoms with van der Waals surface area (Å²) in [7, 11) is 1.73. The van der Waals surface area contributed by atoms with E-state index in [0.29, 0.717) is 19.1 Å². The molecule has 1 saturated heterocycles. The highest BCUT2D eigenvalue weighted by Crippen LogP contribution is 2.18. The van der Waals surface area contributed by atoms with Gasteiger partial charge in [-0.2, -0.15) is 0 Å². The summed E-state index contributed by atoms with van der Waals surface area (Å²) in [4.78, 5) is 27.6. The number of hydrogen-bond donors (Lipinski definition) is 1. The van der Waals surface area contributed by atoms with Gasteiger partial charge in [-0.3, -0.25) is 9.59 Å². The third-order valence-electron chi connectivity index (χ3n) is 3.84. The maximum Gasteiger partial charge on any atom is 0.242 e. The summed E-state index contributed by atoms with van der Waals surface area (Å²) >= 11 is 0. The Labute approximate surface area is 116 Å². The lowest BCUT2D eigenvalue weighted by molar-refractivity contribution is -0.142. The number of piperidine rings is 1. The van der Waals surface area contributed by atoms with Crippen molar-refractivity contribution >= 4 is 11.8 Å². The molecule has 0 bridgehead atoms. The Kier molecular flexibility index (Phi) is 6.28. The number of likely N-dealkylation sites (N-methyl/N-ethyl adjacent to an activating group) is 2. The average Bonchev–Trinajstić information content (AvgIpc) is 2.39. The highest BCUT2D eigenvalue weighted by atomic mass is 16.2. The minimum Gasteiger partial charge on any atom is -0.342 e. The fraction of sp³-hybridized carbons (Fsp3) is 0.857. The fourth-order valence-corrected chi connectivity index (χ4v) is 2.63. The molecule has 0 radical (unpaired) electrons. The summed E-state index contributed by atoms with van der Waals surface area (Å²) in [6.07, 6.45) is 1.73. The molecule has 2 amide bonds. The van der Waals surface area contributed by atoms with E-state index in [0.717, 1.165) is 19.4 Å². The maximum atomic E-state index is 12.3. The number of carbonyl (C=O) groups is 2. The Morgan fingerprint density at radius 3 is 2.42 bits per heavy atom. The van der Waals surface area contributed by atoms with Gasteiger partial charge in [-0.15, -0.1) is 0 Å². The first-order chi connectivity index (χ1) is 8.99. The number of rotatable bonds is 5. The van der Waals surface area contributed by atoms with E-state index in [1.807, 2.05) is 13.8 Å². The third-order valence-corrected chi connectivity index (χ3v) is 3.84. The molecule has 2 atom stereocenters. The summed E-state index contributed by atoms with van der Waals surface area (Å²) < 4.78 is 0. The summed E-state index contributed by atoms with van der Waals surface area (Å²) in [5, 5.41) is 3.34. The molecule has 1 aliphatic rings. The van der Waals surface area contributed by atoms with Gasteiger partial charge in [0.15, 0.2) is 0 Å². The van der Waals surface area contributed by atoms with E-state index in [9.17, 15) is 9.59 Å². The molecule has 1 rings (SSSR count). The van der Waals surface area contributed by atoms with Gasteiger partial charge in [0.25, 0.3) is 0 Å². The molecule has 0 aliphatic carbocycles. The minimum absolute atomic E-state index is 0.0304. The second kappa shape index (κ2) is 7.48. The van der Waals surface area contributed by atoms with Gasteiger partial charge in [0.2, 0.25) is 11.8 Å². The van der Waals surface area contributed by atoms with Crippen LogP contribution in [0.15, 0.2) is 0 Å². The number of amides is 2. The predicted octanol–water partition coefficient (Wildman–Crippen LogP) is 0.701. The third kappa shape index (κ3) is 4.49. The largest absolute Gasteiger partial charge is 0.342 e. The second-order valence-corrected chi connectivity index (χ2v) is 5.34. The molecule has 0 saturated carbocycles. The molecule has 110 valence electrons. The van der Waals surface area contributed by atoms with E-state index in [1.165, 1.54) is 0 Å². The molecular weight excluding hydrogens is 242 g/mol. The molecule has 0 spiro atoms. The quantitative estimate of drug-likeness (QED) is 0.799. The van der Waals surface area contributed by atoms with Gasteiger partial charge in [-0.05, 0) is 40.2 Å². The van der Waals surface area contributed by atoms with Crippen LogP contribution in [0.4, 0.5) is 0 Å². The molecule has 2 unspecified atom stereocenters. The van der Waals surface area contributed by atoms with E-state index in [4.69, 9.17) is 0 Å². The normalized spacial score (nSPS) is 22.9. The zero-order chi connectivity index (χ0) is 14.4. The van der Waals surface area contributed by atoms with Crippen molar-refractivity contribution in [1.29, 1.82) is 0 Å². The fourth-order valence-electron chi connectivity index (χ4n) is 2.63. The van der Waals surface area contributed by atoms with Crippen LogP contribution in [0.5, 0.6) is 0 Å². The van der Waals surface area contributed by atoms with Gasteiger partial charge >= 0.3 is 0 Å². The first-order valence-electron chi connectivity index (χ1n) is 7.25. The van der Waals surface area contributed by atoms with Crippen LogP contribution in [-0.4, -0.2) is 60.9 Å². The van der Waals surface area contributed by atoms with Gasteiger partial charge in [0.05, 0.1) is 6.54 Å². The van der Waals surface area contributed by atoms with Crippen LogP contribution in [0, 0.1) is 5.92 Å². The van der Waals surface area contributed by atoms with Crippen molar-refractivity contribution < 1.29 is 9.59 Å². The topological polar surface area (TPSA) is 52.7 Å². The van der Waals surface area contributed by atoms with Crippen LogP contribution in [0.1, 0.15) is 33.6 Å². The van der Waals surface area contributed by atoms with Gasteiger partial charge in [0.1, 0.15) is 0 Å². The summed E-state index contributed by atoms with van der Waals surface area (Å²) in [6.45, 7) is 8.48. The molecule has 1 aliphatic heterocycles. The van der Waals surface area contributed by atoms with E-state index < -0.39 is 0 Å². The van der Waals surface area contributed by atoms with Crippen molar-refractivity contribution in [2.45, 2.75) is 39.7 Å². The number of nitrogens with zero attached hydrogens (tertiary/aromatic N) is 2. The zero-order valence-electron chi connectivity index (χ0n) is 12.6. The Bertz CT molecular complexity index is 316. The van der Waals surface area contributed by atoms with Crippen molar-refractivity contribution in [3.63, 3.8) is 0 Å². The monoisotopic (exact) mass is 269 g/mol.